The number of carbonyl (C=O) groups is 1. The summed E-state index contributed by atoms with van der Waals surface area (Å²) in [4.78, 5) is 24.1. The van der Waals surface area contributed by atoms with E-state index in [0.29, 0.717) is 16.7 Å². The van der Waals surface area contributed by atoms with Crippen molar-refractivity contribution in [2.75, 3.05) is 5.32 Å². The maximum absolute atomic E-state index is 12.3. The molecule has 0 spiro atoms. The van der Waals surface area contributed by atoms with Crippen molar-refractivity contribution in [3.63, 3.8) is 0 Å². The Kier molecular flexibility index (Phi) is 3.93. The fourth-order valence-corrected chi connectivity index (χ4v) is 2.12. The summed E-state index contributed by atoms with van der Waals surface area (Å²) >= 11 is 0. The van der Waals surface area contributed by atoms with Crippen molar-refractivity contribution in [1.82, 2.24) is 0 Å². The zero-order chi connectivity index (χ0) is 16.2. The van der Waals surface area contributed by atoms with Gasteiger partial charge >= 0.3 is 0 Å². The van der Waals surface area contributed by atoms with Gasteiger partial charge in [-0.3, -0.25) is 9.59 Å². The molecular formula is C18H13NO4. The van der Waals surface area contributed by atoms with Crippen molar-refractivity contribution in [3.8, 4) is 5.75 Å². The van der Waals surface area contributed by atoms with E-state index in [1.54, 1.807) is 12.1 Å². The number of phenols is 1. The number of aromatic hydroxyl groups is 1. The van der Waals surface area contributed by atoms with E-state index in [0.717, 1.165) is 0 Å². The minimum absolute atomic E-state index is 0.0196. The van der Waals surface area contributed by atoms with Crippen LogP contribution in [0.25, 0.3) is 17.0 Å². The van der Waals surface area contributed by atoms with E-state index in [1.807, 2.05) is 18.2 Å². The molecule has 1 heterocycles. The average Bonchev–Trinajstić information content (AvgIpc) is 2.55. The zero-order valence-electron chi connectivity index (χ0n) is 12.0. The summed E-state index contributed by atoms with van der Waals surface area (Å²) in [6.07, 6.45) is 3.93. The molecule has 0 atom stereocenters. The molecule has 0 aliphatic heterocycles. The number of rotatable bonds is 3. The second-order valence-corrected chi connectivity index (χ2v) is 4.89. The molecule has 3 rings (SSSR count). The van der Waals surface area contributed by atoms with Crippen LogP contribution in [0.5, 0.6) is 5.75 Å². The van der Waals surface area contributed by atoms with E-state index in [1.165, 1.54) is 36.6 Å². The van der Waals surface area contributed by atoms with Gasteiger partial charge in [-0.05, 0) is 30.3 Å². The molecule has 0 saturated heterocycles. The van der Waals surface area contributed by atoms with Crippen molar-refractivity contribution in [2.45, 2.75) is 0 Å². The molecule has 0 fully saturated rings. The van der Waals surface area contributed by atoms with E-state index in [4.69, 9.17) is 4.42 Å². The number of benzene rings is 2. The number of nitrogens with one attached hydrogen (secondary N) is 1. The highest BCUT2D eigenvalue weighted by Gasteiger charge is 2.06. The second-order valence-electron chi connectivity index (χ2n) is 4.89. The van der Waals surface area contributed by atoms with Gasteiger partial charge in [-0.25, -0.2) is 0 Å². The lowest BCUT2D eigenvalue weighted by molar-refractivity contribution is -0.111. The number of anilines is 1. The van der Waals surface area contributed by atoms with Crippen LogP contribution in [0.2, 0.25) is 0 Å². The van der Waals surface area contributed by atoms with E-state index in [2.05, 4.69) is 5.32 Å². The minimum atomic E-state index is -0.346. The molecule has 0 saturated carbocycles. The highest BCUT2D eigenvalue weighted by molar-refractivity contribution is 6.02. The van der Waals surface area contributed by atoms with Gasteiger partial charge in [0.25, 0.3) is 0 Å². The van der Waals surface area contributed by atoms with Crippen LogP contribution in [0.1, 0.15) is 5.56 Å². The number of carbonyl (C=O) groups excluding carboxylic acids is 1. The predicted molar refractivity (Wildman–Crippen MR) is 88.3 cm³/mol. The summed E-state index contributed by atoms with van der Waals surface area (Å²) in [7, 11) is 0. The van der Waals surface area contributed by atoms with Gasteiger partial charge in [0, 0.05) is 17.8 Å². The average molecular weight is 307 g/mol. The minimum Gasteiger partial charge on any atom is -0.508 e. The quantitative estimate of drug-likeness (QED) is 0.728. The van der Waals surface area contributed by atoms with Gasteiger partial charge in [-0.2, -0.15) is 0 Å². The monoisotopic (exact) mass is 307 g/mol. The second kappa shape index (κ2) is 6.19. The summed E-state index contributed by atoms with van der Waals surface area (Å²) in [6, 6.07) is 13.3. The molecule has 1 aromatic heterocycles. The van der Waals surface area contributed by atoms with Crippen LogP contribution in [-0.4, -0.2) is 11.0 Å². The number of amides is 1. The highest BCUT2D eigenvalue weighted by Crippen LogP contribution is 2.18. The van der Waals surface area contributed by atoms with Gasteiger partial charge in [0.2, 0.25) is 5.91 Å². The summed E-state index contributed by atoms with van der Waals surface area (Å²) in [6.45, 7) is 0. The standard InChI is InChI=1S/C18H13NO4/c20-14-7-8-15-16(10-14)23-11-12(18(15)22)6-9-17(21)19-13-4-2-1-3-5-13/h1-11,20H,(H,19,21)/b9-6+. The maximum atomic E-state index is 12.3. The Balaban J connectivity index is 1.83. The van der Waals surface area contributed by atoms with Crippen molar-refractivity contribution in [3.05, 3.63) is 76.7 Å². The lowest BCUT2D eigenvalue weighted by Crippen LogP contribution is -2.09. The molecule has 5 nitrogen and oxygen atoms in total. The van der Waals surface area contributed by atoms with Crippen LogP contribution in [0, 0.1) is 0 Å². The SMILES string of the molecule is O=C(/C=C/c1coc2cc(O)ccc2c1=O)Nc1ccccc1. The van der Waals surface area contributed by atoms with Crippen molar-refractivity contribution in [2.24, 2.45) is 0 Å². The van der Waals surface area contributed by atoms with Gasteiger partial charge in [-0.15, -0.1) is 0 Å². The van der Waals surface area contributed by atoms with Gasteiger partial charge < -0.3 is 14.8 Å². The summed E-state index contributed by atoms with van der Waals surface area (Å²) in [5.41, 5.74) is 0.950. The molecule has 1 amide bonds. The molecular weight excluding hydrogens is 294 g/mol. The van der Waals surface area contributed by atoms with Gasteiger partial charge in [0.15, 0.2) is 5.43 Å². The molecule has 3 aromatic rings. The first kappa shape index (κ1) is 14.6. The highest BCUT2D eigenvalue weighted by atomic mass is 16.3. The van der Waals surface area contributed by atoms with Gasteiger partial charge in [0.05, 0.1) is 10.9 Å². The fourth-order valence-electron chi connectivity index (χ4n) is 2.12. The van der Waals surface area contributed by atoms with Gasteiger partial charge in [0.1, 0.15) is 17.6 Å². The zero-order valence-corrected chi connectivity index (χ0v) is 12.0. The van der Waals surface area contributed by atoms with Crippen LogP contribution in [0.15, 0.2) is 70.1 Å². The van der Waals surface area contributed by atoms with E-state index >= 15 is 0 Å². The molecule has 0 aliphatic rings. The number of hydrogen-bond donors (Lipinski definition) is 2. The maximum Gasteiger partial charge on any atom is 0.248 e. The Labute approximate surface area is 131 Å². The summed E-state index contributed by atoms with van der Waals surface area (Å²) < 4.78 is 5.31. The largest absolute Gasteiger partial charge is 0.508 e. The van der Waals surface area contributed by atoms with Crippen LogP contribution in [-0.2, 0) is 4.79 Å². The van der Waals surface area contributed by atoms with E-state index in [9.17, 15) is 14.7 Å². The normalized spacial score (nSPS) is 11.0. The first-order valence-corrected chi connectivity index (χ1v) is 6.92. The lowest BCUT2D eigenvalue weighted by atomic mass is 10.1. The molecule has 0 aliphatic carbocycles. The molecule has 0 unspecified atom stereocenters. The Bertz CT molecular complexity index is 942. The van der Waals surface area contributed by atoms with Crippen LogP contribution >= 0.6 is 0 Å². The first-order valence-electron chi connectivity index (χ1n) is 6.92. The van der Waals surface area contributed by atoms with Crippen molar-refractivity contribution < 1.29 is 14.3 Å². The third-order valence-electron chi connectivity index (χ3n) is 3.24. The van der Waals surface area contributed by atoms with Crippen molar-refractivity contribution in [1.29, 1.82) is 0 Å². The Morgan fingerprint density at radius 2 is 1.91 bits per heavy atom. The molecule has 23 heavy (non-hydrogen) atoms. The Morgan fingerprint density at radius 3 is 2.70 bits per heavy atom. The topological polar surface area (TPSA) is 79.5 Å². The van der Waals surface area contributed by atoms with Crippen LogP contribution < -0.4 is 10.7 Å². The number of para-hydroxylation sites is 1. The van der Waals surface area contributed by atoms with Crippen molar-refractivity contribution >= 4 is 28.6 Å². The lowest BCUT2D eigenvalue weighted by Gasteiger charge is -2.01. The molecule has 5 heteroatoms. The Morgan fingerprint density at radius 1 is 1.13 bits per heavy atom. The summed E-state index contributed by atoms with van der Waals surface area (Å²) in [5, 5.41) is 12.4. The number of fused-ring (bicyclic) bond motifs is 1. The molecule has 2 N–H and O–H groups in total. The third kappa shape index (κ3) is 3.29. The number of phenolic OH excluding ortho intramolecular Hbond substituents is 1. The fraction of sp³-hybridized carbons (Fsp3) is 0. The van der Waals surface area contributed by atoms with E-state index < -0.39 is 0 Å². The summed E-state index contributed by atoms with van der Waals surface area (Å²) in [5.74, 6) is -0.326. The number of hydrogen-bond acceptors (Lipinski definition) is 4. The molecule has 2 aromatic carbocycles. The smallest absolute Gasteiger partial charge is 0.248 e. The third-order valence-corrected chi connectivity index (χ3v) is 3.24. The molecule has 114 valence electrons. The van der Waals surface area contributed by atoms with E-state index in [-0.39, 0.29) is 22.6 Å². The molecule has 0 radical (unpaired) electrons. The van der Waals surface area contributed by atoms with Gasteiger partial charge in [-0.1, -0.05) is 18.2 Å². The predicted octanol–water partition coefficient (Wildman–Crippen LogP) is 3.15. The Hall–Kier alpha value is -3.34. The first-order chi connectivity index (χ1) is 11.1. The van der Waals surface area contributed by atoms with Crippen LogP contribution in [0.4, 0.5) is 5.69 Å². The van der Waals surface area contributed by atoms with Crippen LogP contribution in [0.3, 0.4) is 0 Å². The molecule has 0 bridgehead atoms.